The molecule has 39 heavy (non-hydrogen) atoms. The summed E-state index contributed by atoms with van der Waals surface area (Å²) in [5.74, 6) is -0.892. The first-order chi connectivity index (χ1) is 18.4. The zero-order valence-corrected chi connectivity index (χ0v) is 22.6. The third kappa shape index (κ3) is 3.93. The Morgan fingerprint density at radius 2 is 1.79 bits per heavy atom. The van der Waals surface area contributed by atoms with Crippen LogP contribution in [0.25, 0.3) is 0 Å². The van der Waals surface area contributed by atoms with Crippen molar-refractivity contribution in [3.05, 3.63) is 11.6 Å². The highest BCUT2D eigenvalue weighted by Crippen LogP contribution is 2.69. The van der Waals surface area contributed by atoms with E-state index in [0.29, 0.717) is 25.7 Å². The van der Waals surface area contributed by atoms with E-state index >= 15 is 0 Å². The van der Waals surface area contributed by atoms with Crippen molar-refractivity contribution in [2.45, 2.75) is 114 Å². The Bertz CT molecular complexity index is 1030. The van der Waals surface area contributed by atoms with Gasteiger partial charge < -0.3 is 44.5 Å². The Morgan fingerprint density at radius 1 is 1.03 bits per heavy atom. The molecule has 0 aromatic carbocycles. The topological polar surface area (TPSA) is 163 Å². The summed E-state index contributed by atoms with van der Waals surface area (Å²) in [6.45, 7) is 3.80. The summed E-state index contributed by atoms with van der Waals surface area (Å²) in [6, 6.07) is 0. The molecule has 2 heterocycles. The van der Waals surface area contributed by atoms with Crippen molar-refractivity contribution in [2.75, 3.05) is 6.61 Å². The van der Waals surface area contributed by atoms with Crippen molar-refractivity contribution in [2.24, 2.45) is 34.5 Å². The number of fused-ring (bicyclic) bond motifs is 5. The number of esters is 1. The molecule has 0 spiro atoms. The first-order valence-electron chi connectivity index (χ1n) is 14.5. The van der Waals surface area contributed by atoms with Gasteiger partial charge in [0.05, 0.1) is 23.9 Å². The summed E-state index contributed by atoms with van der Waals surface area (Å²) >= 11 is 0. The van der Waals surface area contributed by atoms with Crippen LogP contribution < -0.4 is 0 Å². The minimum absolute atomic E-state index is 0.0253. The van der Waals surface area contributed by atoms with Gasteiger partial charge in [-0.25, -0.2) is 4.79 Å². The minimum Gasteiger partial charge on any atom is -0.458 e. The van der Waals surface area contributed by atoms with Crippen molar-refractivity contribution in [3.63, 3.8) is 0 Å². The Balaban J connectivity index is 1.21. The average Bonchev–Trinajstić information content (AvgIpc) is 3.41. The molecule has 10 heteroatoms. The van der Waals surface area contributed by atoms with Crippen LogP contribution in [0, 0.1) is 34.5 Å². The van der Waals surface area contributed by atoms with E-state index in [-0.39, 0.29) is 42.8 Å². The number of cyclic esters (lactones) is 1. The van der Waals surface area contributed by atoms with E-state index < -0.39 is 59.2 Å². The van der Waals surface area contributed by atoms with E-state index in [1.165, 1.54) is 6.08 Å². The minimum atomic E-state index is -1.37. The second-order valence-electron chi connectivity index (χ2n) is 13.4. The fourth-order valence-electron chi connectivity index (χ4n) is 9.82. The molecule has 10 nitrogen and oxygen atoms in total. The molecular formula is C29H42O10. The van der Waals surface area contributed by atoms with Crippen LogP contribution in [0.1, 0.15) is 65.2 Å². The summed E-state index contributed by atoms with van der Waals surface area (Å²) in [6.07, 6.45) is 0.686. The molecule has 0 aromatic heterocycles. The molecule has 4 aliphatic carbocycles. The SMILES string of the molecule is C[C@@H]1O[C@@H](O[C@H]2CC[C@]3(C=O)[C@H](CC[C@@H]4[C@@H]3CC[C@@]3(C)[C@@H](C5=CC(=O)OC5)[C@@H](O)C[C@@]43O)C2)[C@H](O)[C@H](O)[C@H]1O. The van der Waals surface area contributed by atoms with Gasteiger partial charge in [-0.2, -0.15) is 0 Å². The number of ether oxygens (including phenoxy) is 3. The number of hydrogen-bond donors (Lipinski definition) is 5. The lowest BCUT2D eigenvalue weighted by Gasteiger charge is -2.63. The second-order valence-corrected chi connectivity index (χ2v) is 13.4. The summed E-state index contributed by atoms with van der Waals surface area (Å²) in [5, 5.41) is 54.1. The van der Waals surface area contributed by atoms with Gasteiger partial charge in [-0.1, -0.05) is 6.92 Å². The van der Waals surface area contributed by atoms with Crippen molar-refractivity contribution in [3.8, 4) is 0 Å². The van der Waals surface area contributed by atoms with Crippen molar-refractivity contribution >= 4 is 12.3 Å². The number of rotatable bonds is 4. The van der Waals surface area contributed by atoms with Gasteiger partial charge in [-0.15, -0.1) is 0 Å². The third-order valence-corrected chi connectivity index (χ3v) is 11.8. The monoisotopic (exact) mass is 550 g/mol. The van der Waals surface area contributed by atoms with Gasteiger partial charge in [-0.3, -0.25) is 0 Å². The molecule has 6 rings (SSSR count). The molecule has 0 amide bonds. The smallest absolute Gasteiger partial charge is 0.331 e. The van der Waals surface area contributed by atoms with Crippen LogP contribution in [0.3, 0.4) is 0 Å². The highest BCUT2D eigenvalue weighted by molar-refractivity contribution is 5.85. The normalized spacial score (nSPS) is 55.2. The van der Waals surface area contributed by atoms with E-state index in [1.54, 1.807) is 6.92 Å². The number of hydrogen-bond acceptors (Lipinski definition) is 10. The first kappa shape index (κ1) is 27.8. The largest absolute Gasteiger partial charge is 0.458 e. The van der Waals surface area contributed by atoms with Crippen molar-refractivity contribution in [1.29, 1.82) is 0 Å². The number of aliphatic hydroxyl groups is 5. The maximum absolute atomic E-state index is 12.9. The van der Waals surface area contributed by atoms with E-state index in [9.17, 15) is 35.1 Å². The molecular weight excluding hydrogens is 508 g/mol. The maximum Gasteiger partial charge on any atom is 0.331 e. The third-order valence-electron chi connectivity index (χ3n) is 11.8. The molecule has 14 atom stereocenters. The van der Waals surface area contributed by atoms with E-state index in [2.05, 4.69) is 0 Å². The van der Waals surface area contributed by atoms with Gasteiger partial charge in [0, 0.05) is 29.2 Å². The average molecular weight is 551 g/mol. The molecule has 0 radical (unpaired) electrons. The highest BCUT2D eigenvalue weighted by atomic mass is 16.7. The fraction of sp³-hybridized carbons (Fsp3) is 0.862. The lowest BCUT2D eigenvalue weighted by Crippen LogP contribution is -2.63. The Labute approximate surface area is 228 Å². The molecule has 2 aliphatic heterocycles. The van der Waals surface area contributed by atoms with Crippen molar-refractivity contribution < 1.29 is 49.3 Å². The summed E-state index contributed by atoms with van der Waals surface area (Å²) in [7, 11) is 0. The number of aliphatic hydroxyl groups excluding tert-OH is 4. The second kappa shape index (κ2) is 9.58. The predicted molar refractivity (Wildman–Crippen MR) is 135 cm³/mol. The molecule has 5 N–H and O–H groups in total. The zero-order valence-electron chi connectivity index (χ0n) is 22.6. The summed E-state index contributed by atoms with van der Waals surface area (Å²) in [5.41, 5.74) is -1.64. The van der Waals surface area contributed by atoms with E-state index in [4.69, 9.17) is 14.2 Å². The van der Waals surface area contributed by atoms with Crippen LogP contribution in [-0.4, -0.2) is 92.9 Å². The van der Waals surface area contributed by atoms with Gasteiger partial charge in [-0.05, 0) is 75.2 Å². The van der Waals surface area contributed by atoms with Gasteiger partial charge in [0.15, 0.2) is 6.29 Å². The zero-order chi connectivity index (χ0) is 27.9. The maximum atomic E-state index is 12.9. The highest BCUT2D eigenvalue weighted by Gasteiger charge is 2.70. The fourth-order valence-corrected chi connectivity index (χ4v) is 9.82. The Hall–Kier alpha value is -1.40. The standard InChI is InChI=1S/C29H42O10/c1-14-23(33)24(34)25(35)26(38-14)39-17-5-8-28(13-30)16(10-17)3-4-19-18(28)6-7-27(2)22(15-9-21(32)37-12-15)20(31)11-29(19,27)36/h9,13-14,16-20,22-26,31,33-36H,3-8,10-12H2,1-2H3/t14-,16+,17-,18-,19+,20-,22-,23-,24+,25+,26-,27-,28-,29+/m0/s1. The molecule has 1 saturated heterocycles. The van der Waals surface area contributed by atoms with Crippen LogP contribution in [-0.2, 0) is 23.8 Å². The number of carbonyl (C=O) groups is 2. The lowest BCUT2D eigenvalue weighted by molar-refractivity contribution is -0.309. The van der Waals surface area contributed by atoms with Crippen molar-refractivity contribution in [1.82, 2.24) is 0 Å². The summed E-state index contributed by atoms with van der Waals surface area (Å²) < 4.78 is 16.9. The Kier molecular flexibility index (Phi) is 6.81. The van der Waals surface area contributed by atoms with Crippen LogP contribution in [0.5, 0.6) is 0 Å². The predicted octanol–water partition coefficient (Wildman–Crippen LogP) is 0.606. The molecule has 0 bridgehead atoms. The number of aldehydes is 1. The molecule has 6 aliphatic rings. The number of carbonyl (C=O) groups excluding carboxylic acids is 2. The van der Waals surface area contributed by atoms with E-state index in [0.717, 1.165) is 31.1 Å². The van der Waals surface area contributed by atoms with E-state index in [1.807, 2.05) is 6.92 Å². The molecule has 0 unspecified atom stereocenters. The van der Waals surface area contributed by atoms with Gasteiger partial charge in [0.25, 0.3) is 0 Å². The lowest BCUT2D eigenvalue weighted by atomic mass is 9.43. The quantitative estimate of drug-likeness (QED) is 0.190. The molecule has 5 fully saturated rings. The molecule has 0 aromatic rings. The molecule has 4 saturated carbocycles. The molecule has 218 valence electrons. The van der Waals surface area contributed by atoms with Crippen LogP contribution in [0.2, 0.25) is 0 Å². The van der Waals surface area contributed by atoms with Gasteiger partial charge in [0.1, 0.15) is 31.2 Å². The first-order valence-corrected chi connectivity index (χ1v) is 14.5. The van der Waals surface area contributed by atoms with Gasteiger partial charge >= 0.3 is 5.97 Å². The Morgan fingerprint density at radius 3 is 2.49 bits per heavy atom. The van der Waals surface area contributed by atoms with Crippen LogP contribution in [0.4, 0.5) is 0 Å². The summed E-state index contributed by atoms with van der Waals surface area (Å²) in [4.78, 5) is 24.7. The van der Waals surface area contributed by atoms with Gasteiger partial charge in [0.2, 0.25) is 0 Å². The van der Waals surface area contributed by atoms with Crippen LogP contribution >= 0.6 is 0 Å². The van der Waals surface area contributed by atoms with Crippen LogP contribution in [0.15, 0.2) is 11.6 Å².